The Morgan fingerprint density at radius 2 is 2.04 bits per heavy atom. The van der Waals surface area contributed by atoms with Crippen molar-refractivity contribution < 1.29 is 4.79 Å². The number of likely N-dealkylation sites (tertiary alicyclic amines) is 2. The predicted octanol–water partition coefficient (Wildman–Crippen LogP) is 2.53. The van der Waals surface area contributed by atoms with Gasteiger partial charge in [0.05, 0.1) is 11.6 Å². The SMILES string of the molecule is N#Cc1cccc(CN2CC[C@@H]3[C@H]2CCC(=O)N3CC2CC2)c1. The third kappa shape index (κ3) is 2.98. The summed E-state index contributed by atoms with van der Waals surface area (Å²) >= 11 is 0. The lowest BCUT2D eigenvalue weighted by atomic mass is 9.95. The van der Waals surface area contributed by atoms with E-state index in [2.05, 4.69) is 21.9 Å². The van der Waals surface area contributed by atoms with Crippen LogP contribution in [0.3, 0.4) is 0 Å². The first-order chi connectivity index (χ1) is 11.2. The lowest BCUT2D eigenvalue weighted by molar-refractivity contribution is -0.138. The summed E-state index contributed by atoms with van der Waals surface area (Å²) in [7, 11) is 0. The lowest BCUT2D eigenvalue weighted by Crippen LogP contribution is -2.52. The number of nitrogens with zero attached hydrogens (tertiary/aromatic N) is 3. The highest BCUT2D eigenvalue weighted by molar-refractivity contribution is 5.77. The van der Waals surface area contributed by atoms with Crippen LogP contribution in [0.1, 0.15) is 43.2 Å². The van der Waals surface area contributed by atoms with E-state index >= 15 is 0 Å². The zero-order chi connectivity index (χ0) is 15.8. The van der Waals surface area contributed by atoms with Crippen LogP contribution in [-0.4, -0.2) is 40.9 Å². The van der Waals surface area contributed by atoms with E-state index in [-0.39, 0.29) is 0 Å². The molecule has 1 saturated carbocycles. The minimum atomic E-state index is 0.367. The third-order valence-electron chi connectivity index (χ3n) is 5.59. The second-order valence-corrected chi connectivity index (χ2v) is 7.23. The van der Waals surface area contributed by atoms with Gasteiger partial charge < -0.3 is 4.90 Å². The number of amides is 1. The van der Waals surface area contributed by atoms with E-state index in [4.69, 9.17) is 5.26 Å². The zero-order valence-electron chi connectivity index (χ0n) is 13.4. The molecule has 0 bridgehead atoms. The van der Waals surface area contributed by atoms with Gasteiger partial charge in [-0.15, -0.1) is 0 Å². The van der Waals surface area contributed by atoms with Gasteiger partial charge in [0, 0.05) is 38.1 Å². The largest absolute Gasteiger partial charge is 0.338 e. The van der Waals surface area contributed by atoms with E-state index in [0.29, 0.717) is 24.4 Å². The molecule has 4 nitrogen and oxygen atoms in total. The van der Waals surface area contributed by atoms with Gasteiger partial charge in [-0.1, -0.05) is 12.1 Å². The van der Waals surface area contributed by atoms with Crippen LogP contribution < -0.4 is 0 Å². The van der Waals surface area contributed by atoms with Gasteiger partial charge in [0.2, 0.25) is 5.91 Å². The molecule has 1 aliphatic carbocycles. The van der Waals surface area contributed by atoms with Gasteiger partial charge in [-0.05, 0) is 49.3 Å². The van der Waals surface area contributed by atoms with E-state index in [0.717, 1.165) is 44.0 Å². The van der Waals surface area contributed by atoms with Crippen molar-refractivity contribution in [3.05, 3.63) is 35.4 Å². The summed E-state index contributed by atoms with van der Waals surface area (Å²) < 4.78 is 0. The molecule has 0 spiro atoms. The maximum atomic E-state index is 12.3. The molecule has 0 N–H and O–H groups in total. The summed E-state index contributed by atoms with van der Waals surface area (Å²) in [5.74, 6) is 1.13. The van der Waals surface area contributed by atoms with Crippen molar-refractivity contribution in [3.63, 3.8) is 0 Å². The van der Waals surface area contributed by atoms with Gasteiger partial charge in [-0.2, -0.15) is 5.26 Å². The molecule has 4 heteroatoms. The minimum Gasteiger partial charge on any atom is -0.338 e. The first-order valence-corrected chi connectivity index (χ1v) is 8.77. The number of carbonyl (C=O) groups excluding carboxylic acids is 1. The van der Waals surface area contributed by atoms with E-state index in [9.17, 15) is 4.79 Å². The summed E-state index contributed by atoms with van der Waals surface area (Å²) in [6.07, 6.45) is 5.38. The molecular weight excluding hydrogens is 286 g/mol. The molecule has 0 aromatic heterocycles. The molecule has 120 valence electrons. The molecule has 2 heterocycles. The number of piperidine rings is 1. The molecule has 23 heavy (non-hydrogen) atoms. The standard InChI is InChI=1S/C19H23N3O/c20-11-15-2-1-3-16(10-15)12-21-9-8-18-17(21)6-7-19(23)22(18)13-14-4-5-14/h1-3,10,14,17-18H,4-9,12-13H2/t17-,18-/m1/s1. The maximum absolute atomic E-state index is 12.3. The Bertz CT molecular complexity index is 646. The summed E-state index contributed by atoms with van der Waals surface area (Å²) in [6, 6.07) is 11.0. The molecule has 3 aliphatic rings. The van der Waals surface area contributed by atoms with Crippen molar-refractivity contribution in [2.45, 2.75) is 50.7 Å². The molecule has 1 aromatic carbocycles. The minimum absolute atomic E-state index is 0.367. The number of fused-ring (bicyclic) bond motifs is 1. The molecule has 0 unspecified atom stereocenters. The summed E-state index contributed by atoms with van der Waals surface area (Å²) in [4.78, 5) is 17.0. The molecule has 2 aliphatic heterocycles. The van der Waals surface area contributed by atoms with Crippen LogP contribution in [-0.2, 0) is 11.3 Å². The van der Waals surface area contributed by atoms with E-state index in [1.807, 2.05) is 18.2 Å². The molecule has 3 fully saturated rings. The van der Waals surface area contributed by atoms with Gasteiger partial charge in [-0.3, -0.25) is 9.69 Å². The summed E-state index contributed by atoms with van der Waals surface area (Å²) in [5.41, 5.74) is 1.93. The fraction of sp³-hybridized carbons (Fsp3) is 0.579. The van der Waals surface area contributed by atoms with E-state index < -0.39 is 0 Å². The number of hydrogen-bond donors (Lipinski definition) is 0. The molecule has 0 radical (unpaired) electrons. The van der Waals surface area contributed by atoms with E-state index in [1.54, 1.807) is 0 Å². The zero-order valence-corrected chi connectivity index (χ0v) is 13.4. The summed E-state index contributed by atoms with van der Waals surface area (Å²) in [6.45, 7) is 2.93. The van der Waals surface area contributed by atoms with Crippen LogP contribution in [0, 0.1) is 17.2 Å². The van der Waals surface area contributed by atoms with Gasteiger partial charge in [0.1, 0.15) is 0 Å². The van der Waals surface area contributed by atoms with Crippen LogP contribution in [0.5, 0.6) is 0 Å². The monoisotopic (exact) mass is 309 g/mol. The highest BCUT2D eigenvalue weighted by atomic mass is 16.2. The predicted molar refractivity (Wildman–Crippen MR) is 87.4 cm³/mol. The van der Waals surface area contributed by atoms with Crippen molar-refractivity contribution in [2.24, 2.45) is 5.92 Å². The normalized spacial score (nSPS) is 27.8. The van der Waals surface area contributed by atoms with Crippen molar-refractivity contribution in [3.8, 4) is 6.07 Å². The Balaban J connectivity index is 1.47. The highest BCUT2D eigenvalue weighted by Crippen LogP contribution is 2.37. The molecule has 4 rings (SSSR count). The van der Waals surface area contributed by atoms with Crippen LogP contribution in [0.15, 0.2) is 24.3 Å². The molecular formula is C19H23N3O. The van der Waals surface area contributed by atoms with Crippen molar-refractivity contribution in [1.29, 1.82) is 5.26 Å². The fourth-order valence-electron chi connectivity index (χ4n) is 4.22. The Hall–Kier alpha value is -1.86. The van der Waals surface area contributed by atoms with Gasteiger partial charge in [-0.25, -0.2) is 0 Å². The molecule has 2 saturated heterocycles. The van der Waals surface area contributed by atoms with Crippen LogP contribution in [0.4, 0.5) is 0 Å². The molecule has 1 amide bonds. The van der Waals surface area contributed by atoms with Crippen molar-refractivity contribution >= 4 is 5.91 Å². The second-order valence-electron chi connectivity index (χ2n) is 7.23. The first kappa shape index (κ1) is 14.7. The van der Waals surface area contributed by atoms with Crippen molar-refractivity contribution in [2.75, 3.05) is 13.1 Å². The average molecular weight is 309 g/mol. The number of rotatable bonds is 4. The van der Waals surface area contributed by atoms with Crippen LogP contribution in [0.2, 0.25) is 0 Å². The third-order valence-corrected chi connectivity index (χ3v) is 5.59. The molecule has 1 aromatic rings. The van der Waals surface area contributed by atoms with Gasteiger partial charge >= 0.3 is 0 Å². The lowest BCUT2D eigenvalue weighted by Gasteiger charge is -2.40. The van der Waals surface area contributed by atoms with Crippen LogP contribution in [0.25, 0.3) is 0 Å². The Morgan fingerprint density at radius 3 is 2.83 bits per heavy atom. The topological polar surface area (TPSA) is 47.3 Å². The Kier molecular flexibility index (Phi) is 3.82. The fourth-order valence-corrected chi connectivity index (χ4v) is 4.22. The smallest absolute Gasteiger partial charge is 0.222 e. The Morgan fingerprint density at radius 1 is 1.17 bits per heavy atom. The van der Waals surface area contributed by atoms with Gasteiger partial charge in [0.15, 0.2) is 0 Å². The quantitative estimate of drug-likeness (QED) is 0.858. The number of hydrogen-bond acceptors (Lipinski definition) is 3. The Labute approximate surface area is 137 Å². The van der Waals surface area contributed by atoms with Crippen LogP contribution >= 0.6 is 0 Å². The number of benzene rings is 1. The maximum Gasteiger partial charge on any atom is 0.222 e. The first-order valence-electron chi connectivity index (χ1n) is 8.77. The van der Waals surface area contributed by atoms with Crippen molar-refractivity contribution in [1.82, 2.24) is 9.80 Å². The highest BCUT2D eigenvalue weighted by Gasteiger charge is 2.44. The molecule has 2 atom stereocenters. The number of carbonyl (C=O) groups is 1. The van der Waals surface area contributed by atoms with E-state index in [1.165, 1.54) is 18.4 Å². The average Bonchev–Trinajstić information content (AvgIpc) is 3.30. The second kappa shape index (κ2) is 5.98. The van der Waals surface area contributed by atoms with Gasteiger partial charge in [0.25, 0.3) is 0 Å². The summed E-state index contributed by atoms with van der Waals surface area (Å²) in [5, 5.41) is 9.06. The number of nitriles is 1.